The van der Waals surface area contributed by atoms with Crippen molar-refractivity contribution in [2.75, 3.05) is 25.5 Å². The number of nitrogens with zero attached hydrogens (tertiary/aromatic N) is 2. The molecule has 0 N–H and O–H groups in total. The van der Waals surface area contributed by atoms with Crippen molar-refractivity contribution in [1.29, 1.82) is 0 Å². The zero-order chi connectivity index (χ0) is 18.4. The predicted octanol–water partition coefficient (Wildman–Crippen LogP) is 4.66. The van der Waals surface area contributed by atoms with E-state index in [0.29, 0.717) is 11.8 Å². The van der Waals surface area contributed by atoms with Crippen LogP contribution in [0.25, 0.3) is 0 Å². The van der Waals surface area contributed by atoms with E-state index in [1.54, 1.807) is 0 Å². The molecule has 0 spiro atoms. The molecule has 3 rings (SSSR count). The van der Waals surface area contributed by atoms with Crippen LogP contribution in [-0.2, 0) is 4.79 Å². The summed E-state index contributed by atoms with van der Waals surface area (Å²) in [6, 6.07) is 10.7. The molecule has 0 saturated heterocycles. The first kappa shape index (κ1) is 18.8. The monoisotopic (exact) mass is 352 g/mol. The number of carbonyl (C=O) groups excluding carboxylic acids is 1. The summed E-state index contributed by atoms with van der Waals surface area (Å²) in [6.07, 6.45) is 15.2. The molecule has 3 unspecified atom stereocenters. The second-order valence-electron chi connectivity index (χ2n) is 7.77. The number of carbonyl (C=O) groups is 1. The Morgan fingerprint density at radius 3 is 2.62 bits per heavy atom. The summed E-state index contributed by atoms with van der Waals surface area (Å²) in [4.78, 5) is 17.6. The highest BCUT2D eigenvalue weighted by molar-refractivity contribution is 5.79. The fraction of sp³-hybridized carbons (Fsp3) is 0.522. The van der Waals surface area contributed by atoms with Crippen molar-refractivity contribution >= 4 is 11.6 Å². The molecule has 1 fully saturated rings. The highest BCUT2D eigenvalue weighted by Crippen LogP contribution is 2.33. The molecule has 1 saturated carbocycles. The van der Waals surface area contributed by atoms with Crippen LogP contribution in [0.2, 0.25) is 0 Å². The number of para-hydroxylation sites is 1. The Morgan fingerprint density at radius 2 is 1.81 bits per heavy atom. The van der Waals surface area contributed by atoms with Crippen LogP contribution in [0.15, 0.2) is 54.6 Å². The van der Waals surface area contributed by atoms with Gasteiger partial charge in [0, 0.05) is 32.2 Å². The Balaban J connectivity index is 1.66. The Morgan fingerprint density at radius 1 is 1.04 bits per heavy atom. The summed E-state index contributed by atoms with van der Waals surface area (Å²) in [5.74, 6) is 0.939. The number of allylic oxidation sites excluding steroid dienone is 3. The van der Waals surface area contributed by atoms with Gasteiger partial charge in [0.25, 0.3) is 0 Å². The molecule has 3 heteroatoms. The van der Waals surface area contributed by atoms with Gasteiger partial charge in [-0.25, -0.2) is 0 Å². The second-order valence-corrected chi connectivity index (χ2v) is 7.77. The highest BCUT2D eigenvalue weighted by Gasteiger charge is 2.34. The fourth-order valence-electron chi connectivity index (χ4n) is 4.37. The lowest BCUT2D eigenvalue weighted by molar-refractivity contribution is -0.138. The minimum Gasteiger partial charge on any atom is -0.374 e. The fourth-order valence-corrected chi connectivity index (χ4v) is 4.37. The van der Waals surface area contributed by atoms with E-state index < -0.39 is 0 Å². The van der Waals surface area contributed by atoms with Crippen LogP contribution < -0.4 is 4.90 Å². The average Bonchev–Trinajstić information content (AvgIpc) is 2.97. The largest absolute Gasteiger partial charge is 0.374 e. The maximum atomic E-state index is 13.3. The van der Waals surface area contributed by atoms with Crippen molar-refractivity contribution in [3.05, 3.63) is 54.6 Å². The Labute approximate surface area is 158 Å². The SMILES string of the molecule is CN(CC1CCCCC1C(=O)N(C)C1C=CC=CCC1)c1ccccc1. The summed E-state index contributed by atoms with van der Waals surface area (Å²) in [6.45, 7) is 0.955. The highest BCUT2D eigenvalue weighted by atomic mass is 16.2. The third-order valence-corrected chi connectivity index (χ3v) is 5.99. The maximum Gasteiger partial charge on any atom is 0.226 e. The average molecular weight is 353 g/mol. The molecule has 1 amide bonds. The summed E-state index contributed by atoms with van der Waals surface area (Å²) in [7, 11) is 4.14. The Bertz CT molecular complexity index is 637. The van der Waals surface area contributed by atoms with Crippen LogP contribution in [0.3, 0.4) is 0 Å². The maximum absolute atomic E-state index is 13.3. The molecule has 1 aromatic carbocycles. The first-order valence-corrected chi connectivity index (χ1v) is 10.0. The van der Waals surface area contributed by atoms with Crippen molar-refractivity contribution in [1.82, 2.24) is 4.90 Å². The smallest absolute Gasteiger partial charge is 0.226 e. The Kier molecular flexibility index (Phi) is 6.54. The van der Waals surface area contributed by atoms with Gasteiger partial charge in [-0.2, -0.15) is 0 Å². The minimum absolute atomic E-state index is 0.157. The molecule has 3 atom stereocenters. The van der Waals surface area contributed by atoms with E-state index >= 15 is 0 Å². The van der Waals surface area contributed by atoms with Gasteiger partial charge in [-0.1, -0.05) is 55.3 Å². The van der Waals surface area contributed by atoms with Crippen molar-refractivity contribution < 1.29 is 4.79 Å². The van der Waals surface area contributed by atoms with Crippen LogP contribution >= 0.6 is 0 Å². The zero-order valence-corrected chi connectivity index (χ0v) is 16.2. The van der Waals surface area contributed by atoms with Gasteiger partial charge in [-0.3, -0.25) is 4.79 Å². The summed E-state index contributed by atoms with van der Waals surface area (Å²) in [5, 5.41) is 0. The molecule has 140 valence electrons. The van der Waals surface area contributed by atoms with E-state index in [2.05, 4.69) is 60.5 Å². The number of rotatable bonds is 5. The van der Waals surface area contributed by atoms with Crippen LogP contribution in [0.5, 0.6) is 0 Å². The van der Waals surface area contributed by atoms with E-state index in [1.165, 1.54) is 18.5 Å². The molecule has 0 aromatic heterocycles. The molecule has 0 radical (unpaired) electrons. The lowest BCUT2D eigenvalue weighted by Crippen LogP contribution is -2.45. The molecular weight excluding hydrogens is 320 g/mol. The molecule has 0 bridgehead atoms. The van der Waals surface area contributed by atoms with Crippen molar-refractivity contribution in [3.63, 3.8) is 0 Å². The number of hydrogen-bond donors (Lipinski definition) is 0. The molecule has 2 aliphatic rings. The summed E-state index contributed by atoms with van der Waals surface area (Å²) >= 11 is 0. The first-order valence-electron chi connectivity index (χ1n) is 10.0. The van der Waals surface area contributed by atoms with Gasteiger partial charge < -0.3 is 9.80 Å². The molecule has 26 heavy (non-hydrogen) atoms. The third-order valence-electron chi connectivity index (χ3n) is 5.99. The van der Waals surface area contributed by atoms with Crippen LogP contribution in [-0.4, -0.2) is 37.5 Å². The Hall–Kier alpha value is -2.03. The normalized spacial score (nSPS) is 25.5. The quantitative estimate of drug-likeness (QED) is 0.769. The summed E-state index contributed by atoms with van der Waals surface area (Å²) in [5.41, 5.74) is 1.23. The van der Waals surface area contributed by atoms with Gasteiger partial charge in [0.2, 0.25) is 5.91 Å². The molecule has 1 aromatic rings. The topological polar surface area (TPSA) is 23.6 Å². The molecule has 0 heterocycles. The van der Waals surface area contributed by atoms with Gasteiger partial charge in [0.05, 0.1) is 6.04 Å². The van der Waals surface area contributed by atoms with Crippen molar-refractivity contribution in [2.45, 2.75) is 44.6 Å². The van der Waals surface area contributed by atoms with Gasteiger partial charge in [-0.05, 0) is 43.7 Å². The van der Waals surface area contributed by atoms with Crippen LogP contribution in [0, 0.1) is 11.8 Å². The summed E-state index contributed by atoms with van der Waals surface area (Å²) < 4.78 is 0. The number of anilines is 1. The van der Waals surface area contributed by atoms with Crippen molar-refractivity contribution in [2.24, 2.45) is 11.8 Å². The number of likely N-dealkylation sites (N-methyl/N-ethyl adjacent to an activating group) is 1. The van der Waals surface area contributed by atoms with E-state index in [-0.39, 0.29) is 12.0 Å². The van der Waals surface area contributed by atoms with Crippen LogP contribution in [0.1, 0.15) is 38.5 Å². The molecule has 0 aliphatic heterocycles. The minimum atomic E-state index is 0.157. The van der Waals surface area contributed by atoms with E-state index in [4.69, 9.17) is 0 Å². The van der Waals surface area contributed by atoms with E-state index in [9.17, 15) is 4.79 Å². The van der Waals surface area contributed by atoms with Gasteiger partial charge >= 0.3 is 0 Å². The lowest BCUT2D eigenvalue weighted by Gasteiger charge is -2.37. The number of hydrogen-bond acceptors (Lipinski definition) is 2. The van der Waals surface area contributed by atoms with E-state index in [0.717, 1.165) is 32.2 Å². The second kappa shape index (κ2) is 9.07. The molecular formula is C23H32N2O. The predicted molar refractivity (Wildman–Crippen MR) is 109 cm³/mol. The van der Waals surface area contributed by atoms with Crippen LogP contribution in [0.4, 0.5) is 5.69 Å². The first-order chi connectivity index (χ1) is 12.7. The standard InChI is InChI=1S/C23H32N2O/c1-24(20-13-8-5-9-14-20)18-19-12-10-11-17-22(19)23(26)25(2)21-15-6-3-4-7-16-21/h3-6,8-9,13-15,19,21-22H,7,10-12,16-18H2,1-2H3. The lowest BCUT2D eigenvalue weighted by atomic mass is 9.78. The number of amides is 1. The third kappa shape index (κ3) is 4.57. The number of benzene rings is 1. The zero-order valence-electron chi connectivity index (χ0n) is 16.2. The molecule has 2 aliphatic carbocycles. The van der Waals surface area contributed by atoms with Gasteiger partial charge in [0.1, 0.15) is 0 Å². The molecule has 3 nitrogen and oxygen atoms in total. The van der Waals surface area contributed by atoms with Gasteiger partial charge in [-0.15, -0.1) is 0 Å². The van der Waals surface area contributed by atoms with Crippen molar-refractivity contribution in [3.8, 4) is 0 Å². The van der Waals surface area contributed by atoms with Gasteiger partial charge in [0.15, 0.2) is 0 Å². The van der Waals surface area contributed by atoms with E-state index in [1.807, 2.05) is 18.0 Å².